The second-order valence-electron chi connectivity index (χ2n) is 8.31. The summed E-state index contributed by atoms with van der Waals surface area (Å²) >= 11 is 5.72. The lowest BCUT2D eigenvalue weighted by atomic mass is 9.97. The summed E-state index contributed by atoms with van der Waals surface area (Å²) in [5, 5.41) is 3.04. The van der Waals surface area contributed by atoms with Crippen molar-refractivity contribution in [1.29, 1.82) is 0 Å². The zero-order valence-corrected chi connectivity index (χ0v) is 19.3. The highest BCUT2D eigenvalue weighted by Gasteiger charge is 2.32. The van der Waals surface area contributed by atoms with Crippen LogP contribution in [0.5, 0.6) is 0 Å². The molecule has 0 aliphatic carbocycles. The van der Waals surface area contributed by atoms with E-state index >= 15 is 0 Å². The Balaban J connectivity index is 1.42. The van der Waals surface area contributed by atoms with Gasteiger partial charge in [-0.2, -0.15) is 4.31 Å². The third-order valence-corrected chi connectivity index (χ3v) is 8.31. The Labute approximate surface area is 186 Å². The van der Waals surface area contributed by atoms with Crippen LogP contribution in [-0.2, 0) is 21.2 Å². The lowest BCUT2D eigenvalue weighted by Gasteiger charge is -2.30. The number of amides is 1. The van der Waals surface area contributed by atoms with Crippen molar-refractivity contribution in [2.24, 2.45) is 5.92 Å². The van der Waals surface area contributed by atoms with Crippen molar-refractivity contribution in [1.82, 2.24) is 14.5 Å². The minimum absolute atomic E-state index is 0.0668. The number of carbonyl (C=O) groups is 1. The van der Waals surface area contributed by atoms with Crippen molar-refractivity contribution in [3.8, 4) is 0 Å². The quantitative estimate of drug-likeness (QED) is 0.435. The Morgan fingerprint density at radius 1 is 1.03 bits per heavy atom. The summed E-state index contributed by atoms with van der Waals surface area (Å²) < 4.78 is 27.4. The molecule has 2 fully saturated rings. The molecule has 1 aromatic carbocycles. The molecule has 0 atom stereocenters. The Morgan fingerprint density at radius 3 is 2.33 bits per heavy atom. The number of aryl methyl sites for hydroxylation is 1. The Hall–Kier alpha value is -1.15. The molecule has 168 valence electrons. The molecule has 2 aliphatic rings. The molecule has 6 nitrogen and oxygen atoms in total. The first-order valence-electron chi connectivity index (χ1n) is 11.2. The van der Waals surface area contributed by atoms with E-state index in [9.17, 15) is 13.2 Å². The number of likely N-dealkylation sites (tertiary alicyclic amines) is 1. The molecule has 0 spiro atoms. The van der Waals surface area contributed by atoms with Crippen LogP contribution in [0.1, 0.15) is 44.1 Å². The van der Waals surface area contributed by atoms with Gasteiger partial charge in [0.1, 0.15) is 0 Å². The Morgan fingerprint density at radius 2 is 1.70 bits per heavy atom. The highest BCUT2D eigenvalue weighted by molar-refractivity contribution is 7.89. The number of nitrogens with zero attached hydrogens (tertiary/aromatic N) is 2. The summed E-state index contributed by atoms with van der Waals surface area (Å²) in [6.07, 6.45) is 6.41. The maximum atomic E-state index is 12.9. The van der Waals surface area contributed by atoms with Crippen LogP contribution in [0.15, 0.2) is 29.2 Å². The van der Waals surface area contributed by atoms with Crippen molar-refractivity contribution in [3.05, 3.63) is 29.8 Å². The number of sulfonamides is 1. The van der Waals surface area contributed by atoms with Crippen LogP contribution in [0, 0.1) is 5.92 Å². The number of carbonyl (C=O) groups excluding carboxylic acids is 1. The van der Waals surface area contributed by atoms with Gasteiger partial charge in [0.05, 0.1) is 4.90 Å². The number of benzene rings is 1. The number of rotatable bonds is 10. The highest BCUT2D eigenvalue weighted by Crippen LogP contribution is 2.24. The lowest BCUT2D eigenvalue weighted by molar-refractivity contribution is -0.126. The summed E-state index contributed by atoms with van der Waals surface area (Å²) in [7, 11) is -3.51. The van der Waals surface area contributed by atoms with E-state index in [1.54, 1.807) is 12.1 Å². The average molecular weight is 456 g/mol. The monoisotopic (exact) mass is 455 g/mol. The first kappa shape index (κ1) is 23.5. The third kappa shape index (κ3) is 6.42. The first-order valence-corrected chi connectivity index (χ1v) is 13.1. The highest BCUT2D eigenvalue weighted by atomic mass is 35.5. The molecule has 0 bridgehead atoms. The first-order chi connectivity index (χ1) is 14.5. The SMILES string of the molecule is O=C(NCCCN1CCCC1)C1CCN(S(=O)(=O)c2ccc(CCCCl)cc2)CC1. The van der Waals surface area contributed by atoms with Crippen LogP contribution in [0.2, 0.25) is 0 Å². The van der Waals surface area contributed by atoms with Crippen molar-refractivity contribution in [2.45, 2.75) is 49.8 Å². The van der Waals surface area contributed by atoms with Gasteiger partial charge in [0.15, 0.2) is 0 Å². The summed E-state index contributed by atoms with van der Waals surface area (Å²) in [5.74, 6) is 0.569. The number of hydrogen-bond acceptors (Lipinski definition) is 4. The molecule has 8 heteroatoms. The van der Waals surface area contributed by atoms with Gasteiger partial charge in [0.25, 0.3) is 0 Å². The van der Waals surface area contributed by atoms with Gasteiger partial charge in [-0.15, -0.1) is 11.6 Å². The Bertz CT molecular complexity index is 771. The van der Waals surface area contributed by atoms with Gasteiger partial charge in [0, 0.05) is 31.4 Å². The average Bonchev–Trinajstić information content (AvgIpc) is 3.29. The van der Waals surface area contributed by atoms with Gasteiger partial charge in [0.2, 0.25) is 15.9 Å². The largest absolute Gasteiger partial charge is 0.356 e. The molecule has 1 aromatic rings. The van der Waals surface area contributed by atoms with E-state index in [0.717, 1.165) is 31.4 Å². The summed E-state index contributed by atoms with van der Waals surface area (Å²) in [6, 6.07) is 7.08. The fraction of sp³-hybridized carbons (Fsp3) is 0.682. The van der Waals surface area contributed by atoms with E-state index in [-0.39, 0.29) is 11.8 Å². The minimum atomic E-state index is -3.51. The van der Waals surface area contributed by atoms with Crippen molar-refractivity contribution in [2.75, 3.05) is 45.1 Å². The number of hydrogen-bond donors (Lipinski definition) is 1. The topological polar surface area (TPSA) is 69.7 Å². The minimum Gasteiger partial charge on any atom is -0.356 e. The molecule has 2 saturated heterocycles. The van der Waals surface area contributed by atoms with Crippen LogP contribution < -0.4 is 5.32 Å². The molecule has 3 rings (SSSR count). The van der Waals surface area contributed by atoms with E-state index < -0.39 is 10.0 Å². The van der Waals surface area contributed by atoms with Gasteiger partial charge >= 0.3 is 0 Å². The molecule has 1 amide bonds. The Kier molecular flexibility index (Phi) is 8.98. The van der Waals surface area contributed by atoms with Gasteiger partial charge < -0.3 is 10.2 Å². The van der Waals surface area contributed by atoms with E-state index in [2.05, 4.69) is 10.2 Å². The zero-order valence-electron chi connectivity index (χ0n) is 17.7. The van der Waals surface area contributed by atoms with Crippen LogP contribution in [-0.4, -0.2) is 68.7 Å². The van der Waals surface area contributed by atoms with Crippen LogP contribution in [0.25, 0.3) is 0 Å². The molecule has 0 unspecified atom stereocenters. The van der Waals surface area contributed by atoms with Gasteiger partial charge in [-0.1, -0.05) is 12.1 Å². The molecule has 2 aliphatic heterocycles. The normalized spacial score (nSPS) is 19.2. The molecule has 2 heterocycles. The van der Waals surface area contributed by atoms with Crippen molar-refractivity contribution < 1.29 is 13.2 Å². The predicted octanol–water partition coefficient (Wildman–Crippen LogP) is 2.86. The second-order valence-corrected chi connectivity index (χ2v) is 10.6. The predicted molar refractivity (Wildman–Crippen MR) is 120 cm³/mol. The van der Waals surface area contributed by atoms with E-state index in [1.807, 2.05) is 12.1 Å². The van der Waals surface area contributed by atoms with Crippen LogP contribution in [0.4, 0.5) is 0 Å². The fourth-order valence-electron chi connectivity index (χ4n) is 4.27. The van der Waals surface area contributed by atoms with E-state index in [0.29, 0.717) is 43.3 Å². The molecule has 0 aromatic heterocycles. The van der Waals surface area contributed by atoms with Crippen LogP contribution >= 0.6 is 11.6 Å². The van der Waals surface area contributed by atoms with Gasteiger partial charge in [-0.05, 0) is 82.3 Å². The number of nitrogens with one attached hydrogen (secondary N) is 1. The second kappa shape index (κ2) is 11.5. The summed E-state index contributed by atoms with van der Waals surface area (Å²) in [5.41, 5.74) is 1.09. The van der Waals surface area contributed by atoms with E-state index in [4.69, 9.17) is 11.6 Å². The van der Waals surface area contributed by atoms with Gasteiger partial charge in [-0.25, -0.2) is 8.42 Å². The van der Waals surface area contributed by atoms with E-state index in [1.165, 1.54) is 30.2 Å². The van der Waals surface area contributed by atoms with Gasteiger partial charge in [-0.3, -0.25) is 4.79 Å². The van der Waals surface area contributed by atoms with Crippen molar-refractivity contribution in [3.63, 3.8) is 0 Å². The van der Waals surface area contributed by atoms with Crippen molar-refractivity contribution >= 4 is 27.5 Å². The number of piperidine rings is 1. The maximum Gasteiger partial charge on any atom is 0.243 e. The summed E-state index contributed by atoms with van der Waals surface area (Å²) in [6.45, 7) is 4.88. The maximum absolute atomic E-state index is 12.9. The molecular formula is C22H34ClN3O3S. The number of alkyl halides is 1. The number of halogens is 1. The van der Waals surface area contributed by atoms with Crippen LogP contribution in [0.3, 0.4) is 0 Å². The zero-order chi connectivity index (χ0) is 21.4. The standard InChI is InChI=1S/C22H34ClN3O3S/c23-12-3-5-19-6-8-21(9-7-19)30(28,29)26-17-10-20(11-18-26)22(27)24-13-4-16-25-14-1-2-15-25/h6-9,20H,1-5,10-18H2,(H,24,27). The molecular weight excluding hydrogens is 422 g/mol. The lowest BCUT2D eigenvalue weighted by Crippen LogP contribution is -2.43. The molecule has 0 radical (unpaired) electrons. The fourth-order valence-corrected chi connectivity index (χ4v) is 5.87. The molecule has 30 heavy (non-hydrogen) atoms. The molecule has 1 N–H and O–H groups in total. The summed E-state index contributed by atoms with van der Waals surface area (Å²) in [4.78, 5) is 15.2. The third-order valence-electron chi connectivity index (χ3n) is 6.13. The smallest absolute Gasteiger partial charge is 0.243 e. The molecule has 0 saturated carbocycles.